The molecule has 20 heavy (non-hydrogen) atoms. The Morgan fingerprint density at radius 2 is 2.30 bits per heavy atom. The lowest BCUT2D eigenvalue weighted by molar-refractivity contribution is -0.384. The minimum absolute atomic E-state index is 0.0205. The molecule has 106 valence electrons. The second kappa shape index (κ2) is 6.38. The third kappa shape index (κ3) is 3.47. The maximum atomic E-state index is 11.0. The number of nitro benzene ring substituents is 1. The van der Waals surface area contributed by atoms with Crippen LogP contribution in [0, 0.1) is 33.3 Å². The number of nitrogens with one attached hydrogen (secondary N) is 1. The highest BCUT2D eigenvalue weighted by atomic mass is 16.6. The number of nitriles is 1. The molecule has 1 N–H and O–H groups in total. The Labute approximate surface area is 118 Å². The van der Waals surface area contributed by atoms with E-state index in [0.29, 0.717) is 17.2 Å². The summed E-state index contributed by atoms with van der Waals surface area (Å²) in [6, 6.07) is 6.49. The van der Waals surface area contributed by atoms with Gasteiger partial charge in [0, 0.05) is 12.6 Å². The Kier molecular flexibility index (Phi) is 4.57. The zero-order valence-electron chi connectivity index (χ0n) is 11.6. The van der Waals surface area contributed by atoms with E-state index in [1.54, 1.807) is 12.1 Å². The number of benzene rings is 1. The van der Waals surface area contributed by atoms with Gasteiger partial charge in [0.1, 0.15) is 5.69 Å². The van der Waals surface area contributed by atoms with E-state index in [1.165, 1.54) is 31.7 Å². The van der Waals surface area contributed by atoms with Crippen molar-refractivity contribution < 1.29 is 4.92 Å². The molecule has 0 aliphatic heterocycles. The van der Waals surface area contributed by atoms with E-state index in [2.05, 4.69) is 12.2 Å². The summed E-state index contributed by atoms with van der Waals surface area (Å²) >= 11 is 0. The first-order chi connectivity index (χ1) is 9.60. The van der Waals surface area contributed by atoms with Crippen molar-refractivity contribution in [3.63, 3.8) is 0 Å². The first kappa shape index (κ1) is 14.3. The Morgan fingerprint density at radius 1 is 1.50 bits per heavy atom. The van der Waals surface area contributed by atoms with E-state index < -0.39 is 4.92 Å². The van der Waals surface area contributed by atoms with Crippen LogP contribution < -0.4 is 5.32 Å². The van der Waals surface area contributed by atoms with Gasteiger partial charge in [0.05, 0.1) is 16.6 Å². The van der Waals surface area contributed by atoms with Crippen molar-refractivity contribution in [1.29, 1.82) is 5.26 Å². The number of hydrogen-bond acceptors (Lipinski definition) is 4. The lowest BCUT2D eigenvalue weighted by Gasteiger charge is -2.27. The van der Waals surface area contributed by atoms with Gasteiger partial charge in [-0.05, 0) is 36.8 Å². The van der Waals surface area contributed by atoms with Gasteiger partial charge in [-0.15, -0.1) is 0 Å². The summed E-state index contributed by atoms with van der Waals surface area (Å²) in [5.41, 5.74) is 0.800. The molecule has 2 unspecified atom stereocenters. The SMILES string of the molecule is CC1CCCC(CNc2ccc(C#N)cc2[N+](=O)[O-])C1. The predicted octanol–water partition coefficient (Wildman–Crippen LogP) is 3.70. The minimum Gasteiger partial charge on any atom is -0.379 e. The molecule has 1 aliphatic rings. The van der Waals surface area contributed by atoms with Crippen molar-refractivity contribution in [3.8, 4) is 6.07 Å². The quantitative estimate of drug-likeness (QED) is 0.670. The van der Waals surface area contributed by atoms with E-state index in [1.807, 2.05) is 6.07 Å². The number of anilines is 1. The molecule has 1 aliphatic carbocycles. The van der Waals surface area contributed by atoms with Crippen LogP contribution in [0.1, 0.15) is 38.2 Å². The molecule has 1 saturated carbocycles. The molecule has 1 aromatic rings. The molecule has 0 bridgehead atoms. The van der Waals surface area contributed by atoms with E-state index in [-0.39, 0.29) is 5.69 Å². The average Bonchev–Trinajstić information content (AvgIpc) is 2.45. The van der Waals surface area contributed by atoms with Crippen LogP contribution in [0.25, 0.3) is 0 Å². The van der Waals surface area contributed by atoms with Crippen molar-refractivity contribution in [1.82, 2.24) is 0 Å². The molecule has 0 radical (unpaired) electrons. The van der Waals surface area contributed by atoms with Gasteiger partial charge in [-0.25, -0.2) is 0 Å². The average molecular weight is 273 g/mol. The van der Waals surface area contributed by atoms with E-state index in [4.69, 9.17) is 5.26 Å². The summed E-state index contributed by atoms with van der Waals surface area (Å²) in [5.74, 6) is 1.32. The highest BCUT2D eigenvalue weighted by Gasteiger charge is 2.20. The van der Waals surface area contributed by atoms with Gasteiger partial charge in [-0.3, -0.25) is 10.1 Å². The van der Waals surface area contributed by atoms with Gasteiger partial charge in [0.15, 0.2) is 0 Å². The van der Waals surface area contributed by atoms with Gasteiger partial charge in [0.25, 0.3) is 5.69 Å². The zero-order valence-corrected chi connectivity index (χ0v) is 11.6. The van der Waals surface area contributed by atoms with Crippen molar-refractivity contribution in [2.24, 2.45) is 11.8 Å². The van der Waals surface area contributed by atoms with E-state index in [9.17, 15) is 10.1 Å². The van der Waals surface area contributed by atoms with Crippen LogP contribution in [0.4, 0.5) is 11.4 Å². The maximum Gasteiger partial charge on any atom is 0.293 e. The molecule has 0 amide bonds. The summed E-state index contributed by atoms with van der Waals surface area (Å²) in [6.45, 7) is 3.02. The first-order valence-corrected chi connectivity index (χ1v) is 7.02. The fraction of sp³-hybridized carbons (Fsp3) is 0.533. The largest absolute Gasteiger partial charge is 0.379 e. The zero-order chi connectivity index (χ0) is 14.5. The fourth-order valence-electron chi connectivity index (χ4n) is 2.90. The summed E-state index contributed by atoms with van der Waals surface area (Å²) in [7, 11) is 0. The Hall–Kier alpha value is -2.09. The number of nitrogens with zero attached hydrogens (tertiary/aromatic N) is 2. The summed E-state index contributed by atoms with van der Waals surface area (Å²) < 4.78 is 0. The van der Waals surface area contributed by atoms with Crippen LogP contribution in [0.3, 0.4) is 0 Å². The molecule has 2 rings (SSSR count). The van der Waals surface area contributed by atoms with Crippen LogP contribution in [0.5, 0.6) is 0 Å². The van der Waals surface area contributed by atoms with Gasteiger partial charge < -0.3 is 5.32 Å². The molecule has 2 atom stereocenters. The third-order valence-electron chi connectivity index (χ3n) is 3.95. The van der Waals surface area contributed by atoms with Crippen LogP contribution >= 0.6 is 0 Å². The predicted molar refractivity (Wildman–Crippen MR) is 77.4 cm³/mol. The molecule has 0 spiro atoms. The molecule has 5 nitrogen and oxygen atoms in total. The highest BCUT2D eigenvalue weighted by Crippen LogP contribution is 2.30. The second-order valence-corrected chi connectivity index (χ2v) is 5.62. The summed E-state index contributed by atoms with van der Waals surface area (Å²) in [6.07, 6.45) is 4.88. The normalized spacial score (nSPS) is 22.0. The van der Waals surface area contributed by atoms with E-state index >= 15 is 0 Å². The van der Waals surface area contributed by atoms with Crippen LogP contribution in [0.15, 0.2) is 18.2 Å². The number of hydrogen-bond donors (Lipinski definition) is 1. The third-order valence-corrected chi connectivity index (χ3v) is 3.95. The maximum absolute atomic E-state index is 11.0. The minimum atomic E-state index is -0.438. The van der Waals surface area contributed by atoms with Gasteiger partial charge in [-0.2, -0.15) is 5.26 Å². The van der Waals surface area contributed by atoms with Gasteiger partial charge >= 0.3 is 0 Å². The van der Waals surface area contributed by atoms with Crippen molar-refractivity contribution in [2.45, 2.75) is 32.6 Å². The number of rotatable bonds is 4. The molecule has 0 saturated heterocycles. The monoisotopic (exact) mass is 273 g/mol. The molecule has 1 aromatic carbocycles. The van der Waals surface area contributed by atoms with Crippen LogP contribution in [-0.4, -0.2) is 11.5 Å². The van der Waals surface area contributed by atoms with E-state index in [0.717, 1.165) is 12.5 Å². The smallest absolute Gasteiger partial charge is 0.293 e. The lowest BCUT2D eigenvalue weighted by atomic mass is 9.82. The van der Waals surface area contributed by atoms with Crippen molar-refractivity contribution >= 4 is 11.4 Å². The molecule has 5 heteroatoms. The molecule has 0 aromatic heterocycles. The summed E-state index contributed by atoms with van der Waals surface area (Å²) in [5, 5.41) is 23.0. The standard InChI is InChI=1S/C15H19N3O2/c1-11-3-2-4-13(7-11)10-17-14-6-5-12(9-16)8-15(14)18(19)20/h5-6,8,11,13,17H,2-4,7,10H2,1H3. The van der Waals surface area contributed by atoms with Gasteiger partial charge in [-0.1, -0.05) is 19.8 Å². The molecular weight excluding hydrogens is 254 g/mol. The second-order valence-electron chi connectivity index (χ2n) is 5.62. The van der Waals surface area contributed by atoms with Crippen molar-refractivity contribution in [3.05, 3.63) is 33.9 Å². The highest BCUT2D eigenvalue weighted by molar-refractivity contribution is 5.64. The molecule has 1 fully saturated rings. The van der Waals surface area contributed by atoms with Crippen LogP contribution in [0.2, 0.25) is 0 Å². The van der Waals surface area contributed by atoms with Crippen LogP contribution in [-0.2, 0) is 0 Å². The Bertz CT molecular complexity index is 536. The number of nitro groups is 1. The lowest BCUT2D eigenvalue weighted by Crippen LogP contribution is -2.21. The topological polar surface area (TPSA) is 79.0 Å². The summed E-state index contributed by atoms with van der Waals surface area (Å²) in [4.78, 5) is 10.6. The Morgan fingerprint density at radius 3 is 2.95 bits per heavy atom. The molecule has 0 heterocycles. The van der Waals surface area contributed by atoms with Gasteiger partial charge in [0.2, 0.25) is 0 Å². The molecular formula is C15H19N3O2. The Balaban J connectivity index is 2.05. The van der Waals surface area contributed by atoms with Crippen molar-refractivity contribution in [2.75, 3.05) is 11.9 Å². The fourth-order valence-corrected chi connectivity index (χ4v) is 2.90. The first-order valence-electron chi connectivity index (χ1n) is 7.02.